The Morgan fingerprint density at radius 1 is 1.57 bits per heavy atom. The first-order valence-corrected chi connectivity index (χ1v) is 4.57. The van der Waals surface area contributed by atoms with Crippen LogP contribution in [0.2, 0.25) is 0 Å². The number of hydrogen-bond acceptors (Lipinski definition) is 4. The van der Waals surface area contributed by atoms with Gasteiger partial charge in [-0.05, 0) is 12.1 Å². The van der Waals surface area contributed by atoms with Gasteiger partial charge in [0, 0.05) is 12.7 Å². The lowest BCUT2D eigenvalue weighted by molar-refractivity contribution is 0.0756. The third kappa shape index (κ3) is 1.90. The molecule has 2 rings (SSSR count). The van der Waals surface area contributed by atoms with E-state index < -0.39 is 0 Å². The highest BCUT2D eigenvalue weighted by Gasteiger charge is 2.15. The fourth-order valence-electron chi connectivity index (χ4n) is 1.43. The molecule has 0 radical (unpaired) electrons. The van der Waals surface area contributed by atoms with E-state index in [1.54, 1.807) is 12.3 Å². The van der Waals surface area contributed by atoms with Gasteiger partial charge in [0.25, 0.3) is 0 Å². The zero-order chi connectivity index (χ0) is 9.80. The summed E-state index contributed by atoms with van der Waals surface area (Å²) in [6.07, 6.45) is 1.59. The zero-order valence-corrected chi connectivity index (χ0v) is 7.73. The lowest BCUT2D eigenvalue weighted by Crippen LogP contribution is -2.35. The van der Waals surface area contributed by atoms with Crippen molar-refractivity contribution in [2.24, 2.45) is 0 Å². The van der Waals surface area contributed by atoms with Crippen LogP contribution in [0.5, 0.6) is 0 Å². The zero-order valence-electron chi connectivity index (χ0n) is 7.73. The molecule has 1 aliphatic rings. The van der Waals surface area contributed by atoms with E-state index >= 15 is 0 Å². The van der Waals surface area contributed by atoms with Gasteiger partial charge in [-0.1, -0.05) is 0 Å². The van der Waals surface area contributed by atoms with Crippen LogP contribution in [-0.2, 0) is 4.74 Å². The molecular formula is C10H11N3O. The smallest absolute Gasteiger partial charge is 0.101 e. The third-order valence-corrected chi connectivity index (χ3v) is 2.19. The highest BCUT2D eigenvalue weighted by atomic mass is 16.5. The van der Waals surface area contributed by atoms with Crippen LogP contribution in [0.4, 0.5) is 0 Å². The molecule has 2 heterocycles. The summed E-state index contributed by atoms with van der Waals surface area (Å²) in [4.78, 5) is 4.21. The Hall–Kier alpha value is -1.44. The number of pyridine rings is 1. The molecule has 72 valence electrons. The maximum absolute atomic E-state index is 8.61. The van der Waals surface area contributed by atoms with Gasteiger partial charge in [-0.25, -0.2) is 0 Å². The van der Waals surface area contributed by atoms with Gasteiger partial charge >= 0.3 is 0 Å². The molecule has 0 aromatic carbocycles. The molecule has 0 saturated carbocycles. The van der Waals surface area contributed by atoms with Crippen LogP contribution in [0, 0.1) is 11.3 Å². The number of rotatable bonds is 1. The molecule has 4 heteroatoms. The Labute approximate surface area is 82.5 Å². The standard InChI is InChI=1S/C10H11N3O/c11-5-8-1-2-9(13-6-8)10-7-14-4-3-12-10/h1-2,6,10,12H,3-4,7H2/t10-/m0/s1. The molecule has 4 nitrogen and oxygen atoms in total. The number of nitrogens with one attached hydrogen (secondary N) is 1. The fourth-order valence-corrected chi connectivity index (χ4v) is 1.43. The summed E-state index contributed by atoms with van der Waals surface area (Å²) in [5.74, 6) is 0. The topological polar surface area (TPSA) is 57.9 Å². The van der Waals surface area contributed by atoms with Crippen molar-refractivity contribution in [1.82, 2.24) is 10.3 Å². The second-order valence-corrected chi connectivity index (χ2v) is 3.17. The molecule has 1 N–H and O–H groups in total. The number of morpholine rings is 1. The molecule has 1 aliphatic heterocycles. The number of hydrogen-bond donors (Lipinski definition) is 1. The highest BCUT2D eigenvalue weighted by molar-refractivity contribution is 5.27. The first-order chi connectivity index (χ1) is 6.90. The number of ether oxygens (including phenoxy) is 1. The summed E-state index contributed by atoms with van der Waals surface area (Å²) in [6, 6.07) is 5.85. The fraction of sp³-hybridized carbons (Fsp3) is 0.400. The van der Waals surface area contributed by atoms with Crippen molar-refractivity contribution in [1.29, 1.82) is 5.26 Å². The summed E-state index contributed by atoms with van der Waals surface area (Å²) >= 11 is 0. The lowest BCUT2D eigenvalue weighted by Gasteiger charge is -2.23. The average Bonchev–Trinajstić information content (AvgIpc) is 2.30. The summed E-state index contributed by atoms with van der Waals surface area (Å²) in [5.41, 5.74) is 1.52. The predicted molar refractivity (Wildman–Crippen MR) is 50.5 cm³/mol. The monoisotopic (exact) mass is 189 g/mol. The molecule has 0 bridgehead atoms. The summed E-state index contributed by atoms with van der Waals surface area (Å²) in [6.45, 7) is 2.26. The second-order valence-electron chi connectivity index (χ2n) is 3.17. The normalized spacial score (nSPS) is 21.5. The maximum atomic E-state index is 8.61. The van der Waals surface area contributed by atoms with Crippen molar-refractivity contribution in [2.45, 2.75) is 6.04 Å². The van der Waals surface area contributed by atoms with E-state index in [0.717, 1.165) is 18.8 Å². The quantitative estimate of drug-likeness (QED) is 0.703. The molecule has 1 atom stereocenters. The van der Waals surface area contributed by atoms with Gasteiger partial charge in [0.2, 0.25) is 0 Å². The first kappa shape index (κ1) is 9.13. The molecule has 0 spiro atoms. The Bertz CT molecular complexity index is 335. The van der Waals surface area contributed by atoms with Crippen LogP contribution in [0.1, 0.15) is 17.3 Å². The molecule has 0 aliphatic carbocycles. The van der Waals surface area contributed by atoms with Gasteiger partial charge in [-0.3, -0.25) is 4.98 Å². The number of nitriles is 1. The minimum absolute atomic E-state index is 0.163. The second kappa shape index (κ2) is 4.18. The number of aromatic nitrogens is 1. The van der Waals surface area contributed by atoms with Crippen molar-refractivity contribution in [3.05, 3.63) is 29.6 Å². The van der Waals surface area contributed by atoms with E-state index in [-0.39, 0.29) is 6.04 Å². The van der Waals surface area contributed by atoms with Crippen LogP contribution in [0.25, 0.3) is 0 Å². The molecule has 0 unspecified atom stereocenters. The summed E-state index contributed by atoms with van der Waals surface area (Å²) in [7, 11) is 0. The molecule has 1 aromatic heterocycles. The first-order valence-electron chi connectivity index (χ1n) is 4.57. The molecule has 1 fully saturated rings. The van der Waals surface area contributed by atoms with E-state index in [2.05, 4.69) is 10.3 Å². The summed E-state index contributed by atoms with van der Waals surface area (Å²) in [5, 5.41) is 11.9. The Balaban J connectivity index is 2.12. The van der Waals surface area contributed by atoms with Gasteiger partial charge in [0.1, 0.15) is 6.07 Å². The minimum Gasteiger partial charge on any atom is -0.378 e. The van der Waals surface area contributed by atoms with E-state index in [1.807, 2.05) is 12.1 Å². The van der Waals surface area contributed by atoms with Crippen LogP contribution in [0.15, 0.2) is 18.3 Å². The molecular weight excluding hydrogens is 178 g/mol. The van der Waals surface area contributed by atoms with Gasteiger partial charge in [0.05, 0.1) is 30.5 Å². The third-order valence-electron chi connectivity index (χ3n) is 2.19. The molecule has 1 saturated heterocycles. The van der Waals surface area contributed by atoms with Gasteiger partial charge in [0.15, 0.2) is 0 Å². The van der Waals surface area contributed by atoms with Crippen molar-refractivity contribution < 1.29 is 4.74 Å². The predicted octanol–water partition coefficient (Wildman–Crippen LogP) is 0.614. The lowest BCUT2D eigenvalue weighted by atomic mass is 10.1. The Kier molecular flexibility index (Phi) is 2.73. The van der Waals surface area contributed by atoms with Crippen LogP contribution in [-0.4, -0.2) is 24.7 Å². The molecule has 1 aromatic rings. The Morgan fingerprint density at radius 3 is 3.07 bits per heavy atom. The Morgan fingerprint density at radius 2 is 2.50 bits per heavy atom. The van der Waals surface area contributed by atoms with E-state index in [9.17, 15) is 0 Å². The van der Waals surface area contributed by atoms with Crippen LogP contribution >= 0.6 is 0 Å². The highest BCUT2D eigenvalue weighted by Crippen LogP contribution is 2.13. The van der Waals surface area contributed by atoms with Crippen molar-refractivity contribution in [2.75, 3.05) is 19.8 Å². The maximum Gasteiger partial charge on any atom is 0.101 e. The van der Waals surface area contributed by atoms with Crippen LogP contribution < -0.4 is 5.32 Å². The van der Waals surface area contributed by atoms with E-state index in [0.29, 0.717) is 12.2 Å². The van der Waals surface area contributed by atoms with Gasteiger partial charge in [-0.2, -0.15) is 5.26 Å². The number of nitrogens with zero attached hydrogens (tertiary/aromatic N) is 2. The van der Waals surface area contributed by atoms with Gasteiger partial charge < -0.3 is 10.1 Å². The van der Waals surface area contributed by atoms with E-state index in [1.165, 1.54) is 0 Å². The summed E-state index contributed by atoms with van der Waals surface area (Å²) < 4.78 is 5.33. The van der Waals surface area contributed by atoms with Crippen molar-refractivity contribution in [3.8, 4) is 6.07 Å². The van der Waals surface area contributed by atoms with Crippen molar-refractivity contribution >= 4 is 0 Å². The largest absolute Gasteiger partial charge is 0.378 e. The average molecular weight is 189 g/mol. The SMILES string of the molecule is N#Cc1ccc([C@@H]2COCCN2)nc1. The molecule has 14 heavy (non-hydrogen) atoms. The van der Waals surface area contributed by atoms with Gasteiger partial charge in [-0.15, -0.1) is 0 Å². The molecule has 0 amide bonds. The van der Waals surface area contributed by atoms with E-state index in [4.69, 9.17) is 10.00 Å². The van der Waals surface area contributed by atoms with Crippen molar-refractivity contribution in [3.63, 3.8) is 0 Å². The van der Waals surface area contributed by atoms with Crippen LogP contribution in [0.3, 0.4) is 0 Å². The minimum atomic E-state index is 0.163.